The van der Waals surface area contributed by atoms with Crippen LogP contribution in [0, 0.1) is 18.7 Å². The summed E-state index contributed by atoms with van der Waals surface area (Å²) in [6, 6.07) is 6.29. The van der Waals surface area contributed by atoms with E-state index in [0.29, 0.717) is 31.2 Å². The summed E-state index contributed by atoms with van der Waals surface area (Å²) < 4.78 is 14.2. The molecule has 9 heteroatoms. The second-order valence-electron chi connectivity index (χ2n) is 6.97. The number of halogens is 2. The zero-order valence-corrected chi connectivity index (χ0v) is 17.3. The lowest BCUT2D eigenvalue weighted by molar-refractivity contribution is 0.0782. The van der Waals surface area contributed by atoms with E-state index in [1.54, 1.807) is 34.6 Å². The van der Waals surface area contributed by atoms with Gasteiger partial charge in [-0.2, -0.15) is 0 Å². The zero-order chi connectivity index (χ0) is 20.4. The van der Waals surface area contributed by atoms with Crippen LogP contribution in [0.25, 0.3) is 0 Å². The molecule has 0 spiro atoms. The molecule has 0 bridgehead atoms. The average Bonchev–Trinajstić information content (AvgIpc) is 3.33. The molecular weight excluding hydrogens is 413 g/mol. The van der Waals surface area contributed by atoms with E-state index >= 15 is 0 Å². The summed E-state index contributed by atoms with van der Waals surface area (Å²) in [7, 11) is 0. The molecule has 0 radical (unpaired) electrons. The lowest BCUT2D eigenvalue weighted by Gasteiger charge is -2.17. The van der Waals surface area contributed by atoms with Gasteiger partial charge in [0, 0.05) is 36.8 Å². The molecule has 2 aromatic heterocycles. The first-order chi connectivity index (χ1) is 14.0. The van der Waals surface area contributed by atoms with Crippen molar-refractivity contribution in [1.82, 2.24) is 19.9 Å². The molecule has 3 aromatic rings. The number of hydrogen-bond acceptors (Lipinski definition) is 6. The minimum absolute atomic E-state index is 0.0133. The van der Waals surface area contributed by atoms with E-state index in [0.717, 1.165) is 16.4 Å². The summed E-state index contributed by atoms with van der Waals surface area (Å²) in [6.07, 6.45) is 4.99. The van der Waals surface area contributed by atoms with Gasteiger partial charge >= 0.3 is 0 Å². The maximum atomic E-state index is 14.2. The van der Waals surface area contributed by atoms with E-state index in [2.05, 4.69) is 20.3 Å². The fraction of sp³-hybridized carbons (Fsp3) is 0.300. The molecule has 0 unspecified atom stereocenters. The highest BCUT2D eigenvalue weighted by atomic mass is 35.5. The number of carbonyl (C=O) groups is 1. The zero-order valence-electron chi connectivity index (χ0n) is 15.7. The number of anilines is 2. The van der Waals surface area contributed by atoms with E-state index in [4.69, 9.17) is 11.6 Å². The quantitative estimate of drug-likeness (QED) is 0.644. The SMILES string of the molecule is Cc1cnc(Nc2ccnc(C[C@H]3CCN(C(=O)c4cccc(Cl)c4F)C3)n2)s1. The van der Waals surface area contributed by atoms with E-state index < -0.39 is 5.82 Å². The molecule has 0 saturated carbocycles. The molecule has 3 heterocycles. The molecule has 4 rings (SSSR count). The monoisotopic (exact) mass is 431 g/mol. The van der Waals surface area contributed by atoms with Crippen molar-refractivity contribution in [3.63, 3.8) is 0 Å². The van der Waals surface area contributed by atoms with Crippen molar-refractivity contribution in [3.05, 3.63) is 63.8 Å². The largest absolute Gasteiger partial charge is 0.338 e. The number of nitrogens with zero attached hydrogens (tertiary/aromatic N) is 4. The van der Waals surface area contributed by atoms with E-state index in [1.807, 2.05) is 13.1 Å². The van der Waals surface area contributed by atoms with Gasteiger partial charge < -0.3 is 10.2 Å². The van der Waals surface area contributed by atoms with Gasteiger partial charge in [-0.05, 0) is 37.5 Å². The number of hydrogen-bond donors (Lipinski definition) is 1. The van der Waals surface area contributed by atoms with Gasteiger partial charge in [0.1, 0.15) is 11.6 Å². The molecule has 150 valence electrons. The van der Waals surface area contributed by atoms with Crippen LogP contribution < -0.4 is 5.32 Å². The van der Waals surface area contributed by atoms with Crippen LogP contribution in [-0.4, -0.2) is 38.8 Å². The number of carbonyl (C=O) groups excluding carboxylic acids is 1. The summed E-state index contributed by atoms with van der Waals surface area (Å²) in [5.74, 6) is 0.622. The van der Waals surface area contributed by atoms with Crippen LogP contribution in [0.15, 0.2) is 36.7 Å². The second-order valence-corrected chi connectivity index (χ2v) is 8.61. The van der Waals surface area contributed by atoms with Gasteiger partial charge in [-0.1, -0.05) is 17.7 Å². The molecule has 1 fully saturated rings. The maximum Gasteiger partial charge on any atom is 0.256 e. The highest BCUT2D eigenvalue weighted by Gasteiger charge is 2.29. The summed E-state index contributed by atoms with van der Waals surface area (Å²) in [6.45, 7) is 3.11. The Balaban J connectivity index is 1.39. The Bertz CT molecular complexity index is 1040. The Morgan fingerprint density at radius 2 is 2.24 bits per heavy atom. The van der Waals surface area contributed by atoms with Gasteiger partial charge in [0.05, 0.1) is 10.6 Å². The molecule has 6 nitrogen and oxygen atoms in total. The molecule has 1 amide bonds. The molecule has 0 aliphatic carbocycles. The highest BCUT2D eigenvalue weighted by Crippen LogP contribution is 2.25. The number of rotatable bonds is 5. The van der Waals surface area contributed by atoms with Crippen molar-refractivity contribution >= 4 is 39.8 Å². The van der Waals surface area contributed by atoms with Gasteiger partial charge in [-0.15, -0.1) is 11.3 Å². The topological polar surface area (TPSA) is 71.0 Å². The van der Waals surface area contributed by atoms with Crippen molar-refractivity contribution in [1.29, 1.82) is 0 Å². The number of aromatic nitrogens is 3. The van der Waals surface area contributed by atoms with Crippen molar-refractivity contribution in [2.45, 2.75) is 19.8 Å². The number of aryl methyl sites for hydroxylation is 1. The third-order valence-corrected chi connectivity index (χ3v) is 5.91. The summed E-state index contributed by atoms with van der Waals surface area (Å²) >= 11 is 7.36. The van der Waals surface area contributed by atoms with Crippen molar-refractivity contribution in [3.8, 4) is 0 Å². The Morgan fingerprint density at radius 3 is 3.03 bits per heavy atom. The lowest BCUT2D eigenvalue weighted by Crippen LogP contribution is -2.29. The predicted octanol–water partition coefficient (Wildman–Crippen LogP) is 4.48. The van der Waals surface area contributed by atoms with Crippen molar-refractivity contribution < 1.29 is 9.18 Å². The van der Waals surface area contributed by atoms with Gasteiger partial charge in [0.25, 0.3) is 5.91 Å². The normalized spacial score (nSPS) is 16.2. The van der Waals surface area contributed by atoms with E-state index in [1.165, 1.54) is 12.1 Å². The standard InChI is InChI=1S/C20H19ClFN5OS/c1-12-10-24-20(29-12)26-16-5-7-23-17(25-16)9-13-6-8-27(11-13)19(28)14-3-2-4-15(21)18(14)22/h2-5,7,10,13H,6,8-9,11H2,1H3,(H,23,24,25,26)/t13-/m1/s1. The first-order valence-electron chi connectivity index (χ1n) is 9.24. The fourth-order valence-electron chi connectivity index (χ4n) is 3.37. The number of amides is 1. The first kappa shape index (κ1) is 19.7. The molecule has 1 aliphatic heterocycles. The Kier molecular flexibility index (Phi) is 5.73. The average molecular weight is 432 g/mol. The van der Waals surface area contributed by atoms with Crippen LogP contribution in [-0.2, 0) is 6.42 Å². The van der Waals surface area contributed by atoms with E-state index in [-0.39, 0.29) is 22.4 Å². The molecule has 1 aliphatic rings. The van der Waals surface area contributed by atoms with Gasteiger partial charge in [-0.3, -0.25) is 4.79 Å². The van der Waals surface area contributed by atoms with Gasteiger partial charge in [0.15, 0.2) is 10.9 Å². The van der Waals surface area contributed by atoms with Gasteiger partial charge in [0.2, 0.25) is 0 Å². The third kappa shape index (κ3) is 4.54. The van der Waals surface area contributed by atoms with Crippen LogP contribution in [0.1, 0.15) is 27.5 Å². The molecule has 1 aromatic carbocycles. The number of benzene rings is 1. The van der Waals surface area contributed by atoms with Crippen LogP contribution >= 0.6 is 22.9 Å². The van der Waals surface area contributed by atoms with Gasteiger partial charge in [-0.25, -0.2) is 19.3 Å². The fourth-order valence-corrected chi connectivity index (χ4v) is 4.22. The molecule has 1 atom stereocenters. The Hall–Kier alpha value is -2.58. The minimum Gasteiger partial charge on any atom is -0.338 e. The smallest absolute Gasteiger partial charge is 0.256 e. The maximum absolute atomic E-state index is 14.2. The molecule has 1 saturated heterocycles. The van der Waals surface area contributed by atoms with Crippen LogP contribution in [0.5, 0.6) is 0 Å². The van der Waals surface area contributed by atoms with Crippen LogP contribution in [0.3, 0.4) is 0 Å². The Labute approximate surface area is 176 Å². The summed E-state index contributed by atoms with van der Waals surface area (Å²) in [5, 5.41) is 3.93. The first-order valence-corrected chi connectivity index (χ1v) is 10.4. The van der Waals surface area contributed by atoms with Crippen molar-refractivity contribution in [2.24, 2.45) is 5.92 Å². The number of likely N-dealkylation sites (tertiary alicyclic amines) is 1. The van der Waals surface area contributed by atoms with E-state index in [9.17, 15) is 9.18 Å². The highest BCUT2D eigenvalue weighted by molar-refractivity contribution is 7.15. The third-order valence-electron chi connectivity index (χ3n) is 4.79. The summed E-state index contributed by atoms with van der Waals surface area (Å²) in [5.41, 5.74) is 0.0133. The van der Waals surface area contributed by atoms with Crippen molar-refractivity contribution in [2.75, 3.05) is 18.4 Å². The molecule has 29 heavy (non-hydrogen) atoms. The summed E-state index contributed by atoms with van der Waals surface area (Å²) in [4.78, 5) is 28.6. The van der Waals surface area contributed by atoms with Crippen LogP contribution in [0.4, 0.5) is 15.3 Å². The lowest BCUT2D eigenvalue weighted by atomic mass is 10.0. The molecule has 1 N–H and O–H groups in total. The second kappa shape index (κ2) is 8.42. The van der Waals surface area contributed by atoms with Crippen LogP contribution in [0.2, 0.25) is 5.02 Å². The number of thiazole rings is 1. The number of nitrogens with one attached hydrogen (secondary N) is 1. The Morgan fingerprint density at radius 1 is 1.38 bits per heavy atom. The molecular formula is C20H19ClFN5OS. The predicted molar refractivity (Wildman–Crippen MR) is 111 cm³/mol. The minimum atomic E-state index is -0.665.